The number of carbonyl (C=O) groups is 1. The number of fused-ring (bicyclic) bond motifs is 1. The minimum absolute atomic E-state index is 0.00134. The molecular formula is C26H38N2O6S. The van der Waals surface area contributed by atoms with Crippen LogP contribution in [0.1, 0.15) is 58.4 Å². The summed E-state index contributed by atoms with van der Waals surface area (Å²) in [6.07, 6.45) is 3.81. The predicted molar refractivity (Wildman–Crippen MR) is 133 cm³/mol. The molecule has 0 radical (unpaired) electrons. The topological polar surface area (TPSA) is 107 Å². The molecule has 1 aliphatic heterocycles. The molecule has 1 aromatic rings. The Kier molecular flexibility index (Phi) is 9.22. The molecule has 1 saturated carbocycles. The third kappa shape index (κ3) is 6.56. The number of likely N-dealkylation sites (N-methyl/N-ethyl adjacent to an activating group) is 1. The van der Waals surface area contributed by atoms with Crippen molar-refractivity contribution in [2.45, 2.75) is 76.0 Å². The third-order valence-electron chi connectivity index (χ3n) is 6.88. The average Bonchev–Trinajstić information content (AvgIpc) is 2.84. The van der Waals surface area contributed by atoms with E-state index in [9.17, 15) is 23.4 Å². The zero-order chi connectivity index (χ0) is 25.8. The average molecular weight is 507 g/mol. The van der Waals surface area contributed by atoms with Crippen LogP contribution in [0.4, 0.5) is 0 Å². The number of hydrogen-bond donors (Lipinski definition) is 2. The van der Waals surface area contributed by atoms with Crippen LogP contribution in [0.5, 0.6) is 5.75 Å². The summed E-state index contributed by atoms with van der Waals surface area (Å²) in [5.41, 5.74) is 0.514. The zero-order valence-electron chi connectivity index (χ0n) is 21.1. The second-order valence-corrected chi connectivity index (χ2v) is 11.8. The van der Waals surface area contributed by atoms with Crippen molar-refractivity contribution in [3.8, 4) is 17.6 Å². The Bertz CT molecular complexity index is 1060. The molecule has 2 aliphatic rings. The van der Waals surface area contributed by atoms with E-state index in [0.717, 1.165) is 25.7 Å². The van der Waals surface area contributed by atoms with Crippen molar-refractivity contribution in [3.05, 3.63) is 23.8 Å². The van der Waals surface area contributed by atoms with Crippen LogP contribution in [-0.4, -0.2) is 78.7 Å². The van der Waals surface area contributed by atoms with E-state index in [1.807, 2.05) is 6.92 Å². The lowest BCUT2D eigenvalue weighted by Gasteiger charge is -2.38. The van der Waals surface area contributed by atoms with Gasteiger partial charge in [0, 0.05) is 37.0 Å². The molecule has 194 valence electrons. The Morgan fingerprint density at radius 2 is 1.94 bits per heavy atom. The molecule has 9 heteroatoms. The number of ether oxygens (including phenoxy) is 1. The fourth-order valence-electron chi connectivity index (χ4n) is 4.73. The van der Waals surface area contributed by atoms with Crippen molar-refractivity contribution >= 4 is 15.9 Å². The Balaban J connectivity index is 1.97. The molecule has 1 aliphatic carbocycles. The SMILES string of the molecule is C[C@H](CO)N1C[C@H](C)[C@H](CN(C)C(=O)C2CCCCC2)Oc2cc(C#C[C@@H](C)O)ccc2S1(=O)=O. The number of sulfonamides is 1. The van der Waals surface area contributed by atoms with E-state index in [-0.39, 0.29) is 41.5 Å². The third-order valence-corrected chi connectivity index (χ3v) is 8.90. The second-order valence-electron chi connectivity index (χ2n) is 9.90. The van der Waals surface area contributed by atoms with Crippen molar-refractivity contribution in [2.24, 2.45) is 11.8 Å². The van der Waals surface area contributed by atoms with Gasteiger partial charge in [-0.3, -0.25) is 4.79 Å². The van der Waals surface area contributed by atoms with E-state index in [1.165, 1.54) is 16.8 Å². The number of carbonyl (C=O) groups excluding carboxylic acids is 1. The Labute approximate surface area is 209 Å². The van der Waals surface area contributed by atoms with Crippen molar-refractivity contribution in [3.63, 3.8) is 0 Å². The van der Waals surface area contributed by atoms with Crippen LogP contribution in [0.25, 0.3) is 0 Å². The van der Waals surface area contributed by atoms with Crippen LogP contribution in [-0.2, 0) is 14.8 Å². The maximum absolute atomic E-state index is 13.5. The molecular weight excluding hydrogens is 468 g/mol. The Hall–Kier alpha value is -2.12. The summed E-state index contributed by atoms with van der Waals surface area (Å²) < 4.78 is 34.7. The van der Waals surface area contributed by atoms with Gasteiger partial charge in [0.25, 0.3) is 0 Å². The first-order valence-corrected chi connectivity index (χ1v) is 13.9. The standard InChI is InChI=1S/C26H38N2O6S/c1-18-15-28(19(2)17-29)35(32,33)25-13-12-21(11-10-20(3)30)14-23(25)34-24(18)16-27(4)26(31)22-8-6-5-7-9-22/h12-14,18-20,22,24,29-30H,5-9,15-17H2,1-4H3/t18-,19+,20+,24-/m0/s1. The number of aliphatic hydroxyl groups is 2. The lowest BCUT2D eigenvalue weighted by atomic mass is 9.88. The quantitative estimate of drug-likeness (QED) is 0.593. The molecule has 4 atom stereocenters. The molecule has 0 spiro atoms. The van der Waals surface area contributed by atoms with Gasteiger partial charge in [0.05, 0.1) is 13.2 Å². The lowest BCUT2D eigenvalue weighted by Crippen LogP contribution is -2.50. The first-order valence-electron chi connectivity index (χ1n) is 12.4. The Morgan fingerprint density at radius 3 is 2.57 bits per heavy atom. The highest BCUT2D eigenvalue weighted by molar-refractivity contribution is 7.89. The highest BCUT2D eigenvalue weighted by Crippen LogP contribution is 2.34. The summed E-state index contributed by atoms with van der Waals surface area (Å²) in [6.45, 7) is 5.28. The number of benzene rings is 1. The van der Waals surface area contributed by atoms with Crippen LogP contribution in [0.3, 0.4) is 0 Å². The number of amides is 1. The van der Waals surface area contributed by atoms with Gasteiger partial charge in [-0.2, -0.15) is 4.31 Å². The van der Waals surface area contributed by atoms with Gasteiger partial charge >= 0.3 is 0 Å². The smallest absolute Gasteiger partial charge is 0.247 e. The predicted octanol–water partition coefficient (Wildman–Crippen LogP) is 2.23. The number of nitrogens with zero attached hydrogens (tertiary/aromatic N) is 2. The molecule has 1 aromatic carbocycles. The van der Waals surface area contributed by atoms with E-state index in [4.69, 9.17) is 4.74 Å². The molecule has 2 N–H and O–H groups in total. The van der Waals surface area contributed by atoms with Gasteiger partial charge in [-0.05, 0) is 44.9 Å². The summed E-state index contributed by atoms with van der Waals surface area (Å²) in [4.78, 5) is 14.8. The summed E-state index contributed by atoms with van der Waals surface area (Å²) >= 11 is 0. The molecule has 0 saturated heterocycles. The summed E-state index contributed by atoms with van der Waals surface area (Å²) in [5, 5.41) is 19.3. The highest BCUT2D eigenvalue weighted by Gasteiger charge is 2.38. The first kappa shape index (κ1) is 27.5. The largest absolute Gasteiger partial charge is 0.487 e. The fraction of sp³-hybridized carbons (Fsp3) is 0.654. The van der Waals surface area contributed by atoms with Crippen molar-refractivity contribution < 1.29 is 28.2 Å². The van der Waals surface area contributed by atoms with Crippen LogP contribution < -0.4 is 4.74 Å². The lowest BCUT2D eigenvalue weighted by molar-refractivity contribution is -0.136. The van der Waals surface area contributed by atoms with E-state index in [0.29, 0.717) is 12.1 Å². The molecule has 35 heavy (non-hydrogen) atoms. The van der Waals surface area contributed by atoms with Crippen molar-refractivity contribution in [1.82, 2.24) is 9.21 Å². The monoisotopic (exact) mass is 506 g/mol. The van der Waals surface area contributed by atoms with Crippen molar-refractivity contribution in [1.29, 1.82) is 0 Å². The highest BCUT2D eigenvalue weighted by atomic mass is 32.2. The summed E-state index contributed by atoms with van der Waals surface area (Å²) in [7, 11) is -2.17. The minimum Gasteiger partial charge on any atom is -0.487 e. The van der Waals surface area contributed by atoms with Gasteiger partial charge in [0.2, 0.25) is 15.9 Å². The van der Waals surface area contributed by atoms with E-state index < -0.39 is 28.3 Å². The molecule has 0 aromatic heterocycles. The van der Waals surface area contributed by atoms with Gasteiger partial charge < -0.3 is 19.8 Å². The second kappa shape index (κ2) is 11.7. The molecule has 0 bridgehead atoms. The number of rotatable bonds is 5. The molecule has 0 unspecified atom stereocenters. The summed E-state index contributed by atoms with van der Waals surface area (Å²) in [5.74, 6) is 5.54. The first-order chi connectivity index (χ1) is 16.5. The van der Waals surface area contributed by atoms with Gasteiger partial charge in [-0.15, -0.1) is 0 Å². The van der Waals surface area contributed by atoms with Gasteiger partial charge in [-0.1, -0.05) is 38.0 Å². The van der Waals surface area contributed by atoms with Crippen LogP contribution in [0.2, 0.25) is 0 Å². The molecule has 1 fully saturated rings. The van der Waals surface area contributed by atoms with Crippen LogP contribution >= 0.6 is 0 Å². The van der Waals surface area contributed by atoms with Gasteiger partial charge in [0.15, 0.2) is 0 Å². The zero-order valence-corrected chi connectivity index (χ0v) is 21.9. The van der Waals surface area contributed by atoms with E-state index in [1.54, 1.807) is 37.9 Å². The molecule has 8 nitrogen and oxygen atoms in total. The maximum Gasteiger partial charge on any atom is 0.247 e. The summed E-state index contributed by atoms with van der Waals surface area (Å²) in [6, 6.07) is 3.98. The van der Waals surface area contributed by atoms with Crippen LogP contribution in [0.15, 0.2) is 23.1 Å². The number of aliphatic hydroxyl groups excluding tert-OH is 2. The van der Waals surface area contributed by atoms with Gasteiger partial charge in [0.1, 0.15) is 22.9 Å². The van der Waals surface area contributed by atoms with Gasteiger partial charge in [-0.25, -0.2) is 8.42 Å². The normalized spacial score (nSPS) is 24.5. The number of hydrogen-bond acceptors (Lipinski definition) is 6. The van der Waals surface area contributed by atoms with Crippen LogP contribution in [0, 0.1) is 23.7 Å². The van der Waals surface area contributed by atoms with E-state index in [2.05, 4.69) is 11.8 Å². The van der Waals surface area contributed by atoms with Crippen molar-refractivity contribution in [2.75, 3.05) is 26.7 Å². The Morgan fingerprint density at radius 1 is 1.26 bits per heavy atom. The minimum atomic E-state index is -3.95. The molecule has 1 heterocycles. The fourth-order valence-corrected chi connectivity index (χ4v) is 6.56. The molecule has 3 rings (SSSR count). The maximum atomic E-state index is 13.5. The van der Waals surface area contributed by atoms with E-state index >= 15 is 0 Å². The molecule has 1 amide bonds.